The SMILES string of the molecule is CCOC(CN=C(CC(C)C)c1ccc(OC)c(OC)c1)OC. The van der Waals surface area contributed by atoms with Crippen molar-refractivity contribution >= 4 is 5.71 Å². The van der Waals surface area contributed by atoms with Crippen molar-refractivity contribution in [1.29, 1.82) is 0 Å². The largest absolute Gasteiger partial charge is 0.493 e. The first-order chi connectivity index (χ1) is 11.0. The third kappa shape index (κ3) is 6.20. The van der Waals surface area contributed by atoms with Gasteiger partial charge < -0.3 is 18.9 Å². The summed E-state index contributed by atoms with van der Waals surface area (Å²) in [5, 5.41) is 0. The predicted molar refractivity (Wildman–Crippen MR) is 92.8 cm³/mol. The molecule has 1 atom stereocenters. The minimum atomic E-state index is -0.317. The predicted octanol–water partition coefficient (Wildman–Crippen LogP) is 3.55. The molecule has 0 aliphatic heterocycles. The summed E-state index contributed by atoms with van der Waals surface area (Å²) in [6.45, 7) is 7.36. The molecule has 0 fully saturated rings. The molecule has 0 aliphatic carbocycles. The fourth-order valence-electron chi connectivity index (χ4n) is 2.24. The average Bonchev–Trinajstić information content (AvgIpc) is 2.56. The van der Waals surface area contributed by atoms with Crippen LogP contribution < -0.4 is 9.47 Å². The maximum Gasteiger partial charge on any atom is 0.176 e. The fourth-order valence-corrected chi connectivity index (χ4v) is 2.24. The third-order valence-electron chi connectivity index (χ3n) is 3.37. The summed E-state index contributed by atoms with van der Waals surface area (Å²) in [6.07, 6.45) is 0.556. The van der Waals surface area contributed by atoms with E-state index < -0.39 is 0 Å². The van der Waals surface area contributed by atoms with Crippen molar-refractivity contribution in [2.75, 3.05) is 34.5 Å². The minimum Gasteiger partial charge on any atom is -0.493 e. The minimum absolute atomic E-state index is 0.317. The number of methoxy groups -OCH3 is 3. The normalized spacial score (nSPS) is 13.3. The van der Waals surface area contributed by atoms with Crippen LogP contribution in [0.2, 0.25) is 0 Å². The molecule has 0 saturated heterocycles. The Labute approximate surface area is 139 Å². The highest BCUT2D eigenvalue weighted by molar-refractivity contribution is 6.01. The van der Waals surface area contributed by atoms with E-state index in [1.807, 2.05) is 25.1 Å². The van der Waals surface area contributed by atoms with Gasteiger partial charge in [0.15, 0.2) is 17.8 Å². The molecule has 0 amide bonds. The van der Waals surface area contributed by atoms with Gasteiger partial charge in [0.2, 0.25) is 0 Å². The Morgan fingerprint density at radius 1 is 1.09 bits per heavy atom. The topological polar surface area (TPSA) is 49.3 Å². The van der Waals surface area contributed by atoms with Gasteiger partial charge in [-0.3, -0.25) is 4.99 Å². The Balaban J connectivity index is 3.05. The summed E-state index contributed by atoms with van der Waals surface area (Å²) in [5.41, 5.74) is 2.05. The van der Waals surface area contributed by atoms with E-state index in [1.165, 1.54) is 0 Å². The van der Waals surface area contributed by atoms with Crippen LogP contribution in [0.1, 0.15) is 32.8 Å². The number of rotatable bonds is 10. The summed E-state index contributed by atoms with van der Waals surface area (Å²) in [5.74, 6) is 1.91. The molecule has 5 heteroatoms. The Morgan fingerprint density at radius 3 is 2.30 bits per heavy atom. The molecule has 0 radical (unpaired) electrons. The maximum absolute atomic E-state index is 5.49. The average molecular weight is 323 g/mol. The Hall–Kier alpha value is -1.59. The number of nitrogens with zero attached hydrogens (tertiary/aromatic N) is 1. The van der Waals surface area contributed by atoms with Gasteiger partial charge in [0.1, 0.15) is 0 Å². The van der Waals surface area contributed by atoms with Crippen LogP contribution in [0.3, 0.4) is 0 Å². The number of ether oxygens (including phenoxy) is 4. The van der Waals surface area contributed by atoms with Gasteiger partial charge in [-0.15, -0.1) is 0 Å². The first kappa shape index (κ1) is 19.5. The van der Waals surface area contributed by atoms with Crippen LogP contribution in [-0.2, 0) is 9.47 Å². The second-order valence-corrected chi connectivity index (χ2v) is 5.58. The zero-order valence-electron chi connectivity index (χ0n) is 15.1. The van der Waals surface area contributed by atoms with Crippen LogP contribution in [0.25, 0.3) is 0 Å². The Morgan fingerprint density at radius 2 is 1.78 bits per heavy atom. The molecule has 1 aromatic carbocycles. The Bertz CT molecular complexity index is 500. The van der Waals surface area contributed by atoms with Crippen LogP contribution in [0.15, 0.2) is 23.2 Å². The van der Waals surface area contributed by atoms with Crippen LogP contribution >= 0.6 is 0 Å². The molecule has 130 valence electrons. The molecule has 0 aromatic heterocycles. The molecular formula is C18H29NO4. The lowest BCUT2D eigenvalue weighted by molar-refractivity contribution is -0.112. The van der Waals surface area contributed by atoms with Crippen molar-refractivity contribution in [3.05, 3.63) is 23.8 Å². The van der Waals surface area contributed by atoms with Gasteiger partial charge in [0, 0.05) is 19.4 Å². The highest BCUT2D eigenvalue weighted by Gasteiger charge is 2.12. The van der Waals surface area contributed by atoms with E-state index in [0.717, 1.165) is 17.7 Å². The summed E-state index contributed by atoms with van der Waals surface area (Å²) in [6, 6.07) is 5.87. The van der Waals surface area contributed by atoms with Crippen LogP contribution in [0.5, 0.6) is 11.5 Å². The van der Waals surface area contributed by atoms with Gasteiger partial charge >= 0.3 is 0 Å². The van der Waals surface area contributed by atoms with E-state index in [2.05, 4.69) is 13.8 Å². The zero-order chi connectivity index (χ0) is 17.2. The van der Waals surface area contributed by atoms with Gasteiger partial charge in [-0.2, -0.15) is 0 Å². The highest BCUT2D eigenvalue weighted by atomic mass is 16.7. The number of hydrogen-bond donors (Lipinski definition) is 0. The van der Waals surface area contributed by atoms with Crippen molar-refractivity contribution in [2.24, 2.45) is 10.9 Å². The van der Waals surface area contributed by atoms with E-state index in [1.54, 1.807) is 21.3 Å². The monoisotopic (exact) mass is 323 g/mol. The van der Waals surface area contributed by atoms with Crippen LogP contribution in [-0.4, -0.2) is 46.5 Å². The second kappa shape index (κ2) is 10.2. The smallest absolute Gasteiger partial charge is 0.176 e. The summed E-state index contributed by atoms with van der Waals surface area (Å²) in [4.78, 5) is 4.73. The highest BCUT2D eigenvalue weighted by Crippen LogP contribution is 2.28. The van der Waals surface area contributed by atoms with E-state index in [-0.39, 0.29) is 6.29 Å². The van der Waals surface area contributed by atoms with Crippen molar-refractivity contribution < 1.29 is 18.9 Å². The van der Waals surface area contributed by atoms with Gasteiger partial charge in [-0.25, -0.2) is 0 Å². The molecule has 0 saturated carbocycles. The standard InChI is InChI=1S/C18H29NO4/c1-7-23-18(22-6)12-19-15(10-13(2)3)14-8-9-16(20-4)17(11-14)21-5/h8-9,11,13,18H,7,10,12H2,1-6H3. The summed E-state index contributed by atoms with van der Waals surface area (Å²) in [7, 11) is 4.90. The molecule has 5 nitrogen and oxygen atoms in total. The lowest BCUT2D eigenvalue weighted by Crippen LogP contribution is -2.20. The van der Waals surface area contributed by atoms with Crippen molar-refractivity contribution in [3.8, 4) is 11.5 Å². The fraction of sp³-hybridized carbons (Fsp3) is 0.611. The lowest BCUT2D eigenvalue weighted by Gasteiger charge is -2.16. The molecular weight excluding hydrogens is 294 g/mol. The van der Waals surface area contributed by atoms with Gasteiger partial charge in [0.05, 0.1) is 20.8 Å². The molecule has 0 aliphatic rings. The molecule has 1 rings (SSSR count). The number of aliphatic imine (C=N–C) groups is 1. The first-order valence-electron chi connectivity index (χ1n) is 7.95. The Kier molecular flexibility index (Phi) is 8.66. The van der Waals surface area contributed by atoms with E-state index in [0.29, 0.717) is 30.6 Å². The van der Waals surface area contributed by atoms with Crippen molar-refractivity contribution in [1.82, 2.24) is 0 Å². The van der Waals surface area contributed by atoms with E-state index >= 15 is 0 Å². The molecule has 0 heterocycles. The van der Waals surface area contributed by atoms with Crippen molar-refractivity contribution in [3.63, 3.8) is 0 Å². The number of benzene rings is 1. The molecule has 0 spiro atoms. The van der Waals surface area contributed by atoms with Crippen LogP contribution in [0.4, 0.5) is 0 Å². The lowest BCUT2D eigenvalue weighted by atomic mass is 10.00. The molecule has 23 heavy (non-hydrogen) atoms. The third-order valence-corrected chi connectivity index (χ3v) is 3.37. The first-order valence-corrected chi connectivity index (χ1v) is 7.95. The van der Waals surface area contributed by atoms with E-state index in [9.17, 15) is 0 Å². The maximum atomic E-state index is 5.49. The number of hydrogen-bond acceptors (Lipinski definition) is 5. The second-order valence-electron chi connectivity index (χ2n) is 5.58. The van der Waals surface area contributed by atoms with Gasteiger partial charge in [-0.05, 0) is 43.0 Å². The molecule has 1 aromatic rings. The van der Waals surface area contributed by atoms with Crippen molar-refractivity contribution in [2.45, 2.75) is 33.5 Å². The molecule has 0 bridgehead atoms. The quantitative estimate of drug-likeness (QED) is 0.488. The van der Waals surface area contributed by atoms with Gasteiger partial charge in [-0.1, -0.05) is 13.8 Å². The van der Waals surface area contributed by atoms with E-state index in [4.69, 9.17) is 23.9 Å². The zero-order valence-corrected chi connectivity index (χ0v) is 15.1. The van der Waals surface area contributed by atoms with Crippen LogP contribution in [0, 0.1) is 5.92 Å². The van der Waals surface area contributed by atoms with Gasteiger partial charge in [0.25, 0.3) is 0 Å². The molecule has 1 unspecified atom stereocenters. The summed E-state index contributed by atoms with van der Waals surface area (Å²) >= 11 is 0. The molecule has 0 N–H and O–H groups in total. The summed E-state index contributed by atoms with van der Waals surface area (Å²) < 4.78 is 21.5.